The minimum atomic E-state index is -3.73. The number of nitrogens with two attached hydrogens (primary N) is 1. The highest BCUT2D eigenvalue weighted by atomic mass is 32.2. The number of carbonyl (C=O) groups excluding carboxylic acids is 1. The average molecular weight is 298 g/mol. The van der Waals surface area contributed by atoms with Crippen molar-refractivity contribution in [3.63, 3.8) is 0 Å². The Morgan fingerprint density at radius 2 is 2.15 bits per heavy atom. The lowest BCUT2D eigenvalue weighted by molar-refractivity contribution is -0.119. The molecule has 1 heterocycles. The number of benzene rings is 1. The maximum atomic E-state index is 12.1. The molecule has 110 valence electrons. The second kappa shape index (κ2) is 5.51. The molecule has 1 aromatic rings. The van der Waals surface area contributed by atoms with E-state index in [0.29, 0.717) is 24.3 Å². The molecule has 6 nitrogen and oxygen atoms in total. The number of carbonyl (C=O) groups is 1. The molecule has 1 fully saturated rings. The standard InChI is InChI=1S/C13H18N2O4S/c1-8-5-11(20(14,17)18)3-4-12(8)15-13(16)10-6-9(2)19-7-10/h3-5,9-10H,6-7H2,1-2H3,(H,15,16)(H2,14,17,18). The summed E-state index contributed by atoms with van der Waals surface area (Å²) in [6.45, 7) is 4.07. The van der Waals surface area contributed by atoms with Crippen molar-refractivity contribution in [1.82, 2.24) is 0 Å². The summed E-state index contributed by atoms with van der Waals surface area (Å²) in [6, 6.07) is 4.37. The Labute approximate surface area is 118 Å². The number of hydrogen-bond acceptors (Lipinski definition) is 4. The maximum absolute atomic E-state index is 12.1. The monoisotopic (exact) mass is 298 g/mol. The second-order valence-electron chi connectivity index (χ2n) is 5.09. The zero-order valence-corrected chi connectivity index (χ0v) is 12.2. The van der Waals surface area contributed by atoms with Crippen molar-refractivity contribution in [2.45, 2.75) is 31.3 Å². The molecule has 0 aromatic heterocycles. The second-order valence-corrected chi connectivity index (χ2v) is 6.65. The number of amides is 1. The summed E-state index contributed by atoms with van der Waals surface area (Å²) < 4.78 is 27.8. The predicted molar refractivity (Wildman–Crippen MR) is 74.7 cm³/mol. The van der Waals surface area contributed by atoms with Gasteiger partial charge < -0.3 is 10.1 Å². The summed E-state index contributed by atoms with van der Waals surface area (Å²) in [6.07, 6.45) is 0.789. The number of primary sulfonamides is 1. The molecule has 1 amide bonds. The molecule has 3 N–H and O–H groups in total. The lowest BCUT2D eigenvalue weighted by Crippen LogP contribution is -2.23. The van der Waals surface area contributed by atoms with Crippen LogP contribution in [0.15, 0.2) is 23.1 Å². The molecular weight excluding hydrogens is 280 g/mol. The molecular formula is C13H18N2O4S. The van der Waals surface area contributed by atoms with E-state index in [9.17, 15) is 13.2 Å². The quantitative estimate of drug-likeness (QED) is 0.870. The number of aryl methyl sites for hydroxylation is 1. The largest absolute Gasteiger partial charge is 0.378 e. The van der Waals surface area contributed by atoms with E-state index < -0.39 is 10.0 Å². The van der Waals surface area contributed by atoms with Crippen LogP contribution in [0.5, 0.6) is 0 Å². The zero-order valence-electron chi connectivity index (χ0n) is 11.4. The summed E-state index contributed by atoms with van der Waals surface area (Å²) in [5, 5.41) is 7.86. The van der Waals surface area contributed by atoms with E-state index in [-0.39, 0.29) is 22.8 Å². The van der Waals surface area contributed by atoms with Crippen LogP contribution >= 0.6 is 0 Å². The Hall–Kier alpha value is -1.44. The van der Waals surface area contributed by atoms with E-state index in [0.717, 1.165) is 0 Å². The van der Waals surface area contributed by atoms with Gasteiger partial charge in [0, 0.05) is 5.69 Å². The highest BCUT2D eigenvalue weighted by molar-refractivity contribution is 7.89. The zero-order chi connectivity index (χ0) is 14.9. The highest BCUT2D eigenvalue weighted by Crippen LogP contribution is 2.23. The molecule has 0 spiro atoms. The van der Waals surface area contributed by atoms with Gasteiger partial charge in [0.25, 0.3) is 0 Å². The van der Waals surface area contributed by atoms with Crippen molar-refractivity contribution in [3.8, 4) is 0 Å². The smallest absolute Gasteiger partial charge is 0.238 e. The van der Waals surface area contributed by atoms with Gasteiger partial charge >= 0.3 is 0 Å². The fraction of sp³-hybridized carbons (Fsp3) is 0.462. The molecule has 0 bridgehead atoms. The van der Waals surface area contributed by atoms with Crippen LogP contribution in [0, 0.1) is 12.8 Å². The Morgan fingerprint density at radius 1 is 1.45 bits per heavy atom. The Morgan fingerprint density at radius 3 is 2.65 bits per heavy atom. The van der Waals surface area contributed by atoms with Crippen molar-refractivity contribution >= 4 is 21.6 Å². The van der Waals surface area contributed by atoms with Crippen molar-refractivity contribution < 1.29 is 17.9 Å². The van der Waals surface area contributed by atoms with Crippen LogP contribution in [0.2, 0.25) is 0 Å². The first kappa shape index (κ1) is 15.0. The number of ether oxygens (including phenoxy) is 1. The summed E-state index contributed by atoms with van der Waals surface area (Å²) in [4.78, 5) is 12.1. The van der Waals surface area contributed by atoms with E-state index in [4.69, 9.17) is 9.88 Å². The molecule has 2 unspecified atom stereocenters. The molecule has 20 heavy (non-hydrogen) atoms. The first-order chi connectivity index (χ1) is 9.27. The van der Waals surface area contributed by atoms with Crippen LogP contribution in [-0.4, -0.2) is 27.0 Å². The summed E-state index contributed by atoms with van der Waals surface area (Å²) >= 11 is 0. The van der Waals surface area contributed by atoms with Crippen LogP contribution in [0.25, 0.3) is 0 Å². The van der Waals surface area contributed by atoms with E-state index in [1.807, 2.05) is 6.92 Å². The van der Waals surface area contributed by atoms with Gasteiger partial charge in [-0.05, 0) is 44.0 Å². The SMILES string of the molecule is Cc1cc(S(N)(=O)=O)ccc1NC(=O)C1COC(C)C1. The fourth-order valence-electron chi connectivity index (χ4n) is 2.19. The van der Waals surface area contributed by atoms with Crippen LogP contribution in [0.4, 0.5) is 5.69 Å². The van der Waals surface area contributed by atoms with Gasteiger partial charge in [-0.15, -0.1) is 0 Å². The summed E-state index contributed by atoms with van der Waals surface area (Å²) in [7, 11) is -3.73. The molecule has 0 radical (unpaired) electrons. The van der Waals surface area contributed by atoms with E-state index in [1.54, 1.807) is 13.0 Å². The minimum absolute atomic E-state index is 0.0332. The third kappa shape index (κ3) is 3.36. The topological polar surface area (TPSA) is 98.5 Å². The van der Waals surface area contributed by atoms with Crippen molar-refractivity contribution in [2.24, 2.45) is 11.1 Å². The maximum Gasteiger partial charge on any atom is 0.238 e. The van der Waals surface area contributed by atoms with E-state index >= 15 is 0 Å². The van der Waals surface area contributed by atoms with Crippen molar-refractivity contribution in [3.05, 3.63) is 23.8 Å². The van der Waals surface area contributed by atoms with Gasteiger partial charge in [-0.1, -0.05) is 0 Å². The molecule has 7 heteroatoms. The van der Waals surface area contributed by atoms with Gasteiger partial charge in [-0.3, -0.25) is 4.79 Å². The average Bonchev–Trinajstić information content (AvgIpc) is 2.77. The Balaban J connectivity index is 2.12. The molecule has 0 aliphatic carbocycles. The molecule has 2 atom stereocenters. The molecule has 1 aliphatic rings. The van der Waals surface area contributed by atoms with Gasteiger partial charge in [0.2, 0.25) is 15.9 Å². The first-order valence-electron chi connectivity index (χ1n) is 6.33. The lowest BCUT2D eigenvalue weighted by Gasteiger charge is -2.12. The number of nitrogens with one attached hydrogen (secondary N) is 1. The van der Waals surface area contributed by atoms with Crippen LogP contribution in [0.1, 0.15) is 18.9 Å². The Bertz CT molecular complexity index is 627. The summed E-state index contributed by atoms with van der Waals surface area (Å²) in [5.41, 5.74) is 1.23. The third-order valence-corrected chi connectivity index (χ3v) is 4.26. The van der Waals surface area contributed by atoms with E-state index in [1.165, 1.54) is 12.1 Å². The van der Waals surface area contributed by atoms with Crippen LogP contribution < -0.4 is 10.5 Å². The highest BCUT2D eigenvalue weighted by Gasteiger charge is 2.28. The minimum Gasteiger partial charge on any atom is -0.378 e. The van der Waals surface area contributed by atoms with Gasteiger partial charge in [-0.25, -0.2) is 13.6 Å². The number of sulfonamides is 1. The van der Waals surface area contributed by atoms with Gasteiger partial charge in [0.1, 0.15) is 0 Å². The number of hydrogen-bond donors (Lipinski definition) is 2. The van der Waals surface area contributed by atoms with Crippen molar-refractivity contribution in [1.29, 1.82) is 0 Å². The summed E-state index contributed by atoms with van der Waals surface area (Å²) in [5.74, 6) is -0.275. The molecule has 0 saturated carbocycles. The van der Waals surface area contributed by atoms with Gasteiger partial charge in [-0.2, -0.15) is 0 Å². The third-order valence-electron chi connectivity index (χ3n) is 3.35. The van der Waals surface area contributed by atoms with Crippen LogP contribution in [-0.2, 0) is 19.6 Å². The van der Waals surface area contributed by atoms with E-state index in [2.05, 4.69) is 5.32 Å². The molecule has 2 rings (SSSR count). The molecule has 1 aromatic carbocycles. The van der Waals surface area contributed by atoms with Gasteiger partial charge in [0.05, 0.1) is 23.5 Å². The number of anilines is 1. The fourth-order valence-corrected chi connectivity index (χ4v) is 2.79. The number of rotatable bonds is 3. The van der Waals surface area contributed by atoms with Gasteiger partial charge in [0.15, 0.2) is 0 Å². The first-order valence-corrected chi connectivity index (χ1v) is 7.88. The lowest BCUT2D eigenvalue weighted by atomic mass is 10.1. The van der Waals surface area contributed by atoms with Crippen LogP contribution in [0.3, 0.4) is 0 Å². The predicted octanol–water partition coefficient (Wildman–Crippen LogP) is 1.01. The molecule has 1 saturated heterocycles. The molecule has 1 aliphatic heterocycles. The van der Waals surface area contributed by atoms with Crippen molar-refractivity contribution in [2.75, 3.05) is 11.9 Å². The Kier molecular flexibility index (Phi) is 4.12. The normalized spacial score (nSPS) is 22.8.